The zero-order chi connectivity index (χ0) is 18.0. The Hall–Kier alpha value is -2.96. The molecule has 1 aromatic carbocycles. The van der Waals surface area contributed by atoms with Crippen molar-refractivity contribution in [2.75, 3.05) is 0 Å². The molecule has 1 N–H and O–H groups in total. The van der Waals surface area contributed by atoms with Crippen molar-refractivity contribution >= 4 is 11.2 Å². The SMILES string of the molecule is CCCn1c(=O)c2nc(-c3ccccc3)c(O)nc2n(CCC)c1=O. The highest BCUT2D eigenvalue weighted by molar-refractivity contribution is 5.76. The average molecular weight is 340 g/mol. The maximum atomic E-state index is 12.8. The normalized spacial score (nSPS) is 11.1. The molecule has 2 aromatic heterocycles. The van der Waals surface area contributed by atoms with Gasteiger partial charge in [-0.3, -0.25) is 13.9 Å². The van der Waals surface area contributed by atoms with Crippen LogP contribution in [0.1, 0.15) is 26.7 Å². The van der Waals surface area contributed by atoms with Crippen molar-refractivity contribution in [3.8, 4) is 17.1 Å². The van der Waals surface area contributed by atoms with Crippen molar-refractivity contribution in [1.29, 1.82) is 0 Å². The lowest BCUT2D eigenvalue weighted by molar-refractivity contribution is 0.452. The molecule has 0 spiro atoms. The standard InChI is InChI=1S/C18H20N4O3/c1-3-10-21-15-14(17(24)22(11-4-2)18(21)25)19-13(16(23)20-15)12-8-6-5-7-9-12/h5-9H,3-4,10-11H2,1-2H3,(H,20,23). The van der Waals surface area contributed by atoms with Gasteiger partial charge in [-0.15, -0.1) is 0 Å². The Bertz CT molecular complexity index is 1020. The van der Waals surface area contributed by atoms with E-state index in [-0.39, 0.29) is 22.7 Å². The molecule has 130 valence electrons. The molecule has 2 heterocycles. The number of fused-ring (bicyclic) bond motifs is 1. The van der Waals surface area contributed by atoms with Gasteiger partial charge < -0.3 is 5.11 Å². The van der Waals surface area contributed by atoms with E-state index in [0.717, 1.165) is 0 Å². The first-order valence-corrected chi connectivity index (χ1v) is 8.38. The van der Waals surface area contributed by atoms with E-state index >= 15 is 0 Å². The zero-order valence-electron chi connectivity index (χ0n) is 14.3. The summed E-state index contributed by atoms with van der Waals surface area (Å²) in [7, 11) is 0. The van der Waals surface area contributed by atoms with E-state index in [9.17, 15) is 14.7 Å². The van der Waals surface area contributed by atoms with E-state index in [0.29, 0.717) is 31.5 Å². The van der Waals surface area contributed by atoms with Crippen LogP contribution in [0.15, 0.2) is 39.9 Å². The fourth-order valence-electron chi connectivity index (χ4n) is 2.84. The molecule has 0 bridgehead atoms. The molecule has 7 heteroatoms. The minimum Gasteiger partial charge on any atom is -0.492 e. The molecule has 0 aliphatic carbocycles. The number of hydrogen-bond donors (Lipinski definition) is 1. The summed E-state index contributed by atoms with van der Waals surface area (Å²) in [5.74, 6) is -0.296. The van der Waals surface area contributed by atoms with Crippen LogP contribution in [0.4, 0.5) is 0 Å². The van der Waals surface area contributed by atoms with Gasteiger partial charge in [-0.1, -0.05) is 44.2 Å². The molecule has 0 saturated carbocycles. The first-order valence-electron chi connectivity index (χ1n) is 8.38. The van der Waals surface area contributed by atoms with Gasteiger partial charge in [0.05, 0.1) is 0 Å². The summed E-state index contributed by atoms with van der Waals surface area (Å²) in [6, 6.07) is 9.04. The molecule has 0 unspecified atom stereocenters. The molecule has 0 radical (unpaired) electrons. The number of benzene rings is 1. The second-order valence-electron chi connectivity index (χ2n) is 5.83. The maximum Gasteiger partial charge on any atom is 0.332 e. The Morgan fingerprint density at radius 2 is 1.60 bits per heavy atom. The summed E-state index contributed by atoms with van der Waals surface area (Å²) in [6.07, 6.45) is 1.35. The second kappa shape index (κ2) is 6.88. The molecule has 3 aromatic rings. The number of rotatable bonds is 5. The van der Waals surface area contributed by atoms with Gasteiger partial charge in [-0.25, -0.2) is 9.78 Å². The van der Waals surface area contributed by atoms with Crippen molar-refractivity contribution in [3.05, 3.63) is 51.2 Å². The van der Waals surface area contributed by atoms with Crippen LogP contribution in [0.3, 0.4) is 0 Å². The Kier molecular flexibility index (Phi) is 4.65. The molecule has 3 rings (SSSR count). The molecule has 7 nitrogen and oxygen atoms in total. The number of aryl methyl sites for hydroxylation is 1. The van der Waals surface area contributed by atoms with E-state index in [1.165, 1.54) is 9.13 Å². The highest BCUT2D eigenvalue weighted by Gasteiger charge is 2.18. The first kappa shape index (κ1) is 16.9. The number of aromatic hydroxyl groups is 1. The minimum absolute atomic E-state index is 0.0955. The third-order valence-corrected chi connectivity index (χ3v) is 3.97. The molecule has 0 aliphatic heterocycles. The topological polar surface area (TPSA) is 90.0 Å². The van der Waals surface area contributed by atoms with Gasteiger partial charge in [-0.2, -0.15) is 4.98 Å². The quantitative estimate of drug-likeness (QED) is 0.768. The largest absolute Gasteiger partial charge is 0.492 e. The van der Waals surface area contributed by atoms with Gasteiger partial charge in [0.1, 0.15) is 5.69 Å². The lowest BCUT2D eigenvalue weighted by Gasteiger charge is -2.13. The molecule has 0 aliphatic rings. The molecule has 0 fully saturated rings. The third kappa shape index (κ3) is 2.93. The van der Waals surface area contributed by atoms with Crippen LogP contribution in [-0.4, -0.2) is 24.2 Å². The predicted octanol–water partition coefficient (Wildman–Crippen LogP) is 2.15. The van der Waals surface area contributed by atoms with E-state index in [1.807, 2.05) is 32.0 Å². The highest BCUT2D eigenvalue weighted by atomic mass is 16.3. The smallest absolute Gasteiger partial charge is 0.332 e. The third-order valence-electron chi connectivity index (χ3n) is 3.97. The van der Waals surface area contributed by atoms with Crippen molar-refractivity contribution in [3.63, 3.8) is 0 Å². The van der Waals surface area contributed by atoms with Gasteiger partial charge in [0.25, 0.3) is 5.56 Å². The number of hydrogen-bond acceptors (Lipinski definition) is 5. The van der Waals surface area contributed by atoms with Crippen LogP contribution >= 0.6 is 0 Å². The summed E-state index contributed by atoms with van der Waals surface area (Å²) in [5, 5.41) is 10.3. The zero-order valence-corrected chi connectivity index (χ0v) is 14.3. The predicted molar refractivity (Wildman–Crippen MR) is 95.7 cm³/mol. The van der Waals surface area contributed by atoms with E-state index in [1.54, 1.807) is 12.1 Å². The van der Waals surface area contributed by atoms with Crippen LogP contribution < -0.4 is 11.2 Å². The second-order valence-corrected chi connectivity index (χ2v) is 5.83. The molecule has 0 amide bonds. The van der Waals surface area contributed by atoms with Crippen LogP contribution in [0, 0.1) is 0 Å². The van der Waals surface area contributed by atoms with Crippen molar-refractivity contribution in [1.82, 2.24) is 19.1 Å². The Balaban J connectivity index is 2.39. The van der Waals surface area contributed by atoms with Gasteiger partial charge in [0, 0.05) is 18.7 Å². The number of aromatic nitrogens is 4. The van der Waals surface area contributed by atoms with Gasteiger partial charge in [0.15, 0.2) is 11.2 Å². The van der Waals surface area contributed by atoms with Crippen LogP contribution in [-0.2, 0) is 13.1 Å². The minimum atomic E-state index is -0.473. The van der Waals surface area contributed by atoms with Gasteiger partial charge in [0.2, 0.25) is 5.88 Å². The van der Waals surface area contributed by atoms with E-state index in [2.05, 4.69) is 9.97 Å². The summed E-state index contributed by atoms with van der Waals surface area (Å²) in [6.45, 7) is 4.55. The molecular weight excluding hydrogens is 320 g/mol. The van der Waals surface area contributed by atoms with Crippen molar-refractivity contribution in [2.24, 2.45) is 0 Å². The fourth-order valence-corrected chi connectivity index (χ4v) is 2.84. The van der Waals surface area contributed by atoms with Crippen LogP contribution in [0.2, 0.25) is 0 Å². The van der Waals surface area contributed by atoms with Gasteiger partial charge in [-0.05, 0) is 12.8 Å². The van der Waals surface area contributed by atoms with Crippen molar-refractivity contribution < 1.29 is 5.11 Å². The average Bonchev–Trinajstić information content (AvgIpc) is 2.62. The monoisotopic (exact) mass is 340 g/mol. The summed E-state index contributed by atoms with van der Waals surface area (Å²) >= 11 is 0. The maximum absolute atomic E-state index is 12.8. The lowest BCUT2D eigenvalue weighted by atomic mass is 10.1. The van der Waals surface area contributed by atoms with Gasteiger partial charge >= 0.3 is 5.69 Å². The molecular formula is C18H20N4O3. The Morgan fingerprint density at radius 1 is 0.960 bits per heavy atom. The number of nitrogens with zero attached hydrogens (tertiary/aromatic N) is 4. The van der Waals surface area contributed by atoms with E-state index < -0.39 is 11.2 Å². The van der Waals surface area contributed by atoms with Crippen molar-refractivity contribution in [2.45, 2.75) is 39.8 Å². The molecule has 0 saturated heterocycles. The Labute approximate surface area is 144 Å². The molecule has 0 atom stereocenters. The first-order chi connectivity index (χ1) is 12.1. The highest BCUT2D eigenvalue weighted by Crippen LogP contribution is 2.26. The van der Waals surface area contributed by atoms with Crippen LogP contribution in [0.5, 0.6) is 5.88 Å². The summed E-state index contributed by atoms with van der Waals surface area (Å²) in [5.41, 5.74) is 0.222. The molecule has 25 heavy (non-hydrogen) atoms. The Morgan fingerprint density at radius 3 is 2.24 bits per heavy atom. The fraction of sp³-hybridized carbons (Fsp3) is 0.333. The van der Waals surface area contributed by atoms with E-state index in [4.69, 9.17) is 0 Å². The summed E-state index contributed by atoms with van der Waals surface area (Å²) < 4.78 is 2.60. The lowest BCUT2D eigenvalue weighted by Crippen LogP contribution is -2.40. The van der Waals surface area contributed by atoms with Crippen LogP contribution in [0.25, 0.3) is 22.4 Å². The summed E-state index contributed by atoms with van der Waals surface area (Å²) in [4.78, 5) is 33.9.